The van der Waals surface area contributed by atoms with Gasteiger partial charge in [-0.2, -0.15) is 0 Å². The highest BCUT2D eigenvalue weighted by Gasteiger charge is 2.33. The number of nitrogens with zero attached hydrogens (tertiary/aromatic N) is 3. The summed E-state index contributed by atoms with van der Waals surface area (Å²) in [6, 6.07) is 25.8. The van der Waals surface area contributed by atoms with Gasteiger partial charge in [0.15, 0.2) is 5.17 Å². The van der Waals surface area contributed by atoms with Crippen molar-refractivity contribution < 1.29 is 14.3 Å². The molecule has 1 amide bonds. The summed E-state index contributed by atoms with van der Waals surface area (Å²) in [6.07, 6.45) is 1.95. The molecule has 2 aliphatic rings. The monoisotopic (exact) mass is 485 g/mol. The second kappa shape index (κ2) is 10.8. The van der Waals surface area contributed by atoms with Crippen molar-refractivity contribution in [3.8, 4) is 5.75 Å². The molecule has 0 unspecified atom stereocenters. The Kier molecular flexibility index (Phi) is 7.16. The molecule has 3 aromatic rings. The van der Waals surface area contributed by atoms with Crippen LogP contribution in [0.2, 0.25) is 0 Å². The van der Waals surface area contributed by atoms with Gasteiger partial charge in [0.25, 0.3) is 5.91 Å². The summed E-state index contributed by atoms with van der Waals surface area (Å²) >= 11 is 1.41. The van der Waals surface area contributed by atoms with Crippen LogP contribution in [0, 0.1) is 0 Å². The average Bonchev–Trinajstić information content (AvgIpc) is 3.19. The fourth-order valence-electron chi connectivity index (χ4n) is 4.01. The lowest BCUT2D eigenvalue weighted by atomic mass is 10.1. The van der Waals surface area contributed by atoms with Gasteiger partial charge in [0.05, 0.1) is 37.5 Å². The molecule has 178 valence electrons. The van der Waals surface area contributed by atoms with E-state index in [1.54, 1.807) is 12.0 Å². The molecule has 0 bridgehead atoms. The smallest absolute Gasteiger partial charge is 0.267 e. The van der Waals surface area contributed by atoms with E-state index < -0.39 is 0 Å². The van der Waals surface area contributed by atoms with Gasteiger partial charge < -0.3 is 14.4 Å². The Morgan fingerprint density at radius 1 is 0.971 bits per heavy atom. The summed E-state index contributed by atoms with van der Waals surface area (Å²) in [5, 5.41) is 0.674. The molecule has 2 heterocycles. The molecular weight excluding hydrogens is 458 g/mol. The van der Waals surface area contributed by atoms with Crippen LogP contribution >= 0.6 is 11.8 Å². The number of para-hydroxylation sites is 1. The summed E-state index contributed by atoms with van der Waals surface area (Å²) in [5.74, 6) is 0.743. The van der Waals surface area contributed by atoms with Crippen LogP contribution in [-0.2, 0) is 16.1 Å². The third-order valence-corrected chi connectivity index (χ3v) is 6.94. The van der Waals surface area contributed by atoms with Crippen molar-refractivity contribution in [1.29, 1.82) is 0 Å². The number of morpholine rings is 1. The van der Waals surface area contributed by atoms with Crippen LogP contribution in [0.25, 0.3) is 6.08 Å². The Morgan fingerprint density at radius 2 is 1.69 bits per heavy atom. The number of hydrogen-bond donors (Lipinski definition) is 0. The zero-order valence-electron chi connectivity index (χ0n) is 19.6. The minimum Gasteiger partial charge on any atom is -0.497 e. The average molecular weight is 486 g/mol. The molecule has 0 aliphatic carbocycles. The minimum absolute atomic E-state index is 0.0437. The highest BCUT2D eigenvalue weighted by Crippen LogP contribution is 2.35. The molecule has 0 atom stereocenters. The lowest BCUT2D eigenvalue weighted by Gasteiger charge is -2.28. The molecule has 0 N–H and O–H groups in total. The van der Waals surface area contributed by atoms with Gasteiger partial charge in [-0.3, -0.25) is 9.69 Å². The van der Waals surface area contributed by atoms with E-state index in [0.717, 1.165) is 48.9 Å². The lowest BCUT2D eigenvalue weighted by Crippen LogP contribution is -2.36. The molecule has 2 saturated heterocycles. The number of amidine groups is 1. The third kappa shape index (κ3) is 5.58. The maximum Gasteiger partial charge on any atom is 0.267 e. The predicted molar refractivity (Wildman–Crippen MR) is 142 cm³/mol. The van der Waals surface area contributed by atoms with Gasteiger partial charge in [-0.25, -0.2) is 4.99 Å². The number of aliphatic imine (C=N–C) groups is 1. The van der Waals surface area contributed by atoms with Crippen molar-refractivity contribution in [2.45, 2.75) is 6.54 Å². The first kappa shape index (κ1) is 23.2. The van der Waals surface area contributed by atoms with Gasteiger partial charge in [0.2, 0.25) is 0 Å². The predicted octanol–water partition coefficient (Wildman–Crippen LogP) is 5.34. The second-order valence-electron chi connectivity index (χ2n) is 8.27. The number of carbonyl (C=O) groups excluding carboxylic acids is 1. The fraction of sp³-hybridized carbons (Fsp3) is 0.214. The van der Waals surface area contributed by atoms with E-state index in [4.69, 9.17) is 14.5 Å². The van der Waals surface area contributed by atoms with Crippen molar-refractivity contribution >= 4 is 40.3 Å². The number of rotatable bonds is 6. The molecule has 2 fully saturated rings. The topological polar surface area (TPSA) is 54.4 Å². The van der Waals surface area contributed by atoms with Crippen molar-refractivity contribution in [3.63, 3.8) is 0 Å². The minimum atomic E-state index is -0.0437. The van der Waals surface area contributed by atoms with Crippen molar-refractivity contribution in [2.75, 3.05) is 38.3 Å². The maximum absolute atomic E-state index is 13.5. The largest absolute Gasteiger partial charge is 0.497 e. The van der Waals surface area contributed by atoms with Gasteiger partial charge in [0.1, 0.15) is 5.75 Å². The maximum atomic E-state index is 13.5. The Bertz CT molecular complexity index is 1220. The first-order chi connectivity index (χ1) is 17.2. The molecule has 0 radical (unpaired) electrons. The molecule has 2 aliphatic heterocycles. The Hall–Kier alpha value is -3.55. The van der Waals surface area contributed by atoms with Gasteiger partial charge in [0, 0.05) is 18.8 Å². The Labute approximate surface area is 209 Å². The molecular formula is C28H27N3O3S. The Balaban J connectivity index is 1.40. The molecule has 3 aromatic carbocycles. The van der Waals surface area contributed by atoms with E-state index in [9.17, 15) is 4.79 Å². The van der Waals surface area contributed by atoms with Crippen LogP contribution in [0.15, 0.2) is 88.8 Å². The highest BCUT2D eigenvalue weighted by atomic mass is 32.2. The van der Waals surface area contributed by atoms with E-state index >= 15 is 0 Å². The fourth-order valence-corrected chi connectivity index (χ4v) is 5.01. The zero-order chi connectivity index (χ0) is 24.0. The summed E-state index contributed by atoms with van der Waals surface area (Å²) in [7, 11) is 1.64. The molecule has 0 spiro atoms. The second-order valence-corrected chi connectivity index (χ2v) is 9.28. The summed E-state index contributed by atoms with van der Waals surface area (Å²) in [6.45, 7) is 3.74. The number of hydrogen-bond acceptors (Lipinski definition) is 6. The van der Waals surface area contributed by atoms with Crippen LogP contribution < -0.4 is 9.64 Å². The number of anilines is 1. The van der Waals surface area contributed by atoms with Gasteiger partial charge in [-0.05, 0) is 65.4 Å². The highest BCUT2D eigenvalue weighted by molar-refractivity contribution is 8.18. The summed E-state index contributed by atoms with van der Waals surface area (Å²) in [5.41, 5.74) is 3.99. The number of thioether (sulfide) groups is 1. The van der Waals surface area contributed by atoms with E-state index in [1.165, 1.54) is 17.4 Å². The number of carbonyl (C=O) groups is 1. The van der Waals surface area contributed by atoms with E-state index in [-0.39, 0.29) is 5.91 Å². The lowest BCUT2D eigenvalue weighted by molar-refractivity contribution is -0.122. The standard InChI is InChI=1S/C28H27N3O3S/c1-33-25-13-9-22(10-14-25)20-31-27(32)26(35-28(31)29-23-5-3-2-4-6-23)19-21-7-11-24(12-8-21)30-15-17-34-18-16-30/h2-14,19H,15-18,20H2,1H3/b26-19+,29-28?. The molecule has 35 heavy (non-hydrogen) atoms. The SMILES string of the molecule is COc1ccc(CN2C(=O)/C(=C\c3ccc(N4CCOCC4)cc3)SC2=Nc2ccccc2)cc1. The summed E-state index contributed by atoms with van der Waals surface area (Å²) in [4.78, 5) is 23.0. The van der Waals surface area contributed by atoms with Gasteiger partial charge in [-0.1, -0.05) is 42.5 Å². The van der Waals surface area contributed by atoms with E-state index in [0.29, 0.717) is 16.6 Å². The number of ether oxygens (including phenoxy) is 2. The van der Waals surface area contributed by atoms with Crippen LogP contribution in [0.3, 0.4) is 0 Å². The van der Waals surface area contributed by atoms with Crippen LogP contribution in [0.1, 0.15) is 11.1 Å². The Morgan fingerprint density at radius 3 is 2.37 bits per heavy atom. The molecule has 5 rings (SSSR count). The first-order valence-corrected chi connectivity index (χ1v) is 12.4. The molecule has 0 saturated carbocycles. The van der Waals surface area contributed by atoms with Crippen LogP contribution in [0.4, 0.5) is 11.4 Å². The van der Waals surface area contributed by atoms with E-state index in [1.807, 2.05) is 60.7 Å². The molecule has 0 aromatic heterocycles. The summed E-state index contributed by atoms with van der Waals surface area (Å²) < 4.78 is 10.7. The van der Waals surface area contributed by atoms with Gasteiger partial charge >= 0.3 is 0 Å². The quantitative estimate of drug-likeness (QED) is 0.442. The first-order valence-electron chi connectivity index (χ1n) is 11.6. The van der Waals surface area contributed by atoms with E-state index in [2.05, 4.69) is 29.2 Å². The van der Waals surface area contributed by atoms with Crippen molar-refractivity contribution in [3.05, 3.63) is 94.9 Å². The number of amides is 1. The molecule has 7 heteroatoms. The van der Waals surface area contributed by atoms with Crippen molar-refractivity contribution in [1.82, 2.24) is 4.90 Å². The third-order valence-electron chi connectivity index (χ3n) is 5.94. The van der Waals surface area contributed by atoms with Crippen molar-refractivity contribution in [2.24, 2.45) is 4.99 Å². The normalized spacial score (nSPS) is 18.5. The van der Waals surface area contributed by atoms with Crippen LogP contribution in [0.5, 0.6) is 5.75 Å². The number of methoxy groups -OCH3 is 1. The zero-order valence-corrected chi connectivity index (χ0v) is 20.4. The number of benzene rings is 3. The van der Waals surface area contributed by atoms with Crippen LogP contribution in [-0.4, -0.2) is 49.4 Å². The molecule has 6 nitrogen and oxygen atoms in total. The van der Waals surface area contributed by atoms with Gasteiger partial charge in [-0.15, -0.1) is 0 Å².